The highest BCUT2D eigenvalue weighted by atomic mass is 16.6. The summed E-state index contributed by atoms with van der Waals surface area (Å²) in [4.78, 5) is 11.3. The van der Waals surface area contributed by atoms with E-state index < -0.39 is 5.60 Å². The van der Waals surface area contributed by atoms with Crippen LogP contribution in [-0.2, 0) is 4.74 Å². The molecule has 0 heterocycles. The molecule has 1 amide bonds. The zero-order valence-corrected chi connectivity index (χ0v) is 10.5. The first-order valence-electron chi connectivity index (χ1n) is 5.42. The molecule has 0 aromatic rings. The molecule has 0 bridgehead atoms. The summed E-state index contributed by atoms with van der Waals surface area (Å²) < 4.78 is 5.10. The molecule has 0 spiro atoms. The van der Waals surface area contributed by atoms with Crippen LogP contribution in [0.3, 0.4) is 0 Å². The van der Waals surface area contributed by atoms with Crippen molar-refractivity contribution in [2.45, 2.75) is 58.6 Å². The highest BCUT2D eigenvalue weighted by Crippen LogP contribution is 2.09. The largest absolute Gasteiger partial charge is 0.444 e. The topological polar surface area (TPSA) is 64.3 Å². The smallest absolute Gasteiger partial charge is 0.407 e. The van der Waals surface area contributed by atoms with Crippen LogP contribution in [0.1, 0.15) is 47.5 Å². The van der Waals surface area contributed by atoms with Gasteiger partial charge in [-0.15, -0.1) is 0 Å². The van der Waals surface area contributed by atoms with Crippen molar-refractivity contribution < 1.29 is 9.53 Å². The van der Waals surface area contributed by atoms with Gasteiger partial charge in [0.25, 0.3) is 0 Å². The van der Waals surface area contributed by atoms with Gasteiger partial charge in [0.05, 0.1) is 0 Å². The van der Waals surface area contributed by atoms with Crippen molar-refractivity contribution in [1.82, 2.24) is 5.32 Å². The van der Waals surface area contributed by atoms with Crippen molar-refractivity contribution in [3.8, 4) is 0 Å². The lowest BCUT2D eigenvalue weighted by molar-refractivity contribution is 0.0524. The first-order chi connectivity index (χ1) is 6.66. The standard InChI is InChI=1S/C11H24N2O2/c1-6-11(5,12)7-8-13-9(14)15-10(2,3)4/h6-8,12H2,1-5H3,(H,13,14). The van der Waals surface area contributed by atoms with Gasteiger partial charge in [-0.2, -0.15) is 0 Å². The van der Waals surface area contributed by atoms with Gasteiger partial charge in [-0.3, -0.25) is 0 Å². The number of hydrogen-bond donors (Lipinski definition) is 2. The molecule has 0 aliphatic rings. The lowest BCUT2D eigenvalue weighted by Crippen LogP contribution is -2.40. The van der Waals surface area contributed by atoms with Crippen LogP contribution in [0.2, 0.25) is 0 Å². The molecule has 1 atom stereocenters. The van der Waals surface area contributed by atoms with E-state index >= 15 is 0 Å². The summed E-state index contributed by atoms with van der Waals surface area (Å²) in [6.45, 7) is 10.1. The number of rotatable bonds is 4. The van der Waals surface area contributed by atoms with E-state index in [1.165, 1.54) is 0 Å². The minimum atomic E-state index is -0.444. The van der Waals surface area contributed by atoms with Gasteiger partial charge < -0.3 is 15.8 Å². The second-order valence-corrected chi connectivity index (χ2v) is 5.19. The molecule has 4 nitrogen and oxygen atoms in total. The van der Waals surface area contributed by atoms with Gasteiger partial charge in [-0.1, -0.05) is 6.92 Å². The van der Waals surface area contributed by atoms with E-state index in [1.54, 1.807) is 0 Å². The third kappa shape index (κ3) is 8.24. The maximum atomic E-state index is 11.3. The fraction of sp³-hybridized carbons (Fsp3) is 0.909. The van der Waals surface area contributed by atoms with E-state index in [4.69, 9.17) is 10.5 Å². The Bertz CT molecular complexity index is 207. The van der Waals surface area contributed by atoms with Gasteiger partial charge >= 0.3 is 6.09 Å². The molecule has 3 N–H and O–H groups in total. The van der Waals surface area contributed by atoms with E-state index in [0.29, 0.717) is 6.54 Å². The minimum absolute atomic E-state index is 0.213. The second-order valence-electron chi connectivity index (χ2n) is 5.19. The molecule has 4 heteroatoms. The first kappa shape index (κ1) is 14.2. The fourth-order valence-corrected chi connectivity index (χ4v) is 0.941. The Labute approximate surface area is 92.6 Å². The molecular weight excluding hydrogens is 192 g/mol. The molecule has 1 unspecified atom stereocenters. The molecule has 0 saturated heterocycles. The molecule has 0 rings (SSSR count). The Morgan fingerprint density at radius 3 is 2.27 bits per heavy atom. The Morgan fingerprint density at radius 2 is 1.87 bits per heavy atom. The maximum Gasteiger partial charge on any atom is 0.407 e. The number of alkyl carbamates (subject to hydrolysis) is 1. The van der Waals surface area contributed by atoms with Crippen molar-refractivity contribution in [3.63, 3.8) is 0 Å². The van der Waals surface area contributed by atoms with Crippen molar-refractivity contribution in [3.05, 3.63) is 0 Å². The molecule has 0 aromatic carbocycles. The fourth-order valence-electron chi connectivity index (χ4n) is 0.941. The number of amides is 1. The van der Waals surface area contributed by atoms with Crippen LogP contribution in [0.5, 0.6) is 0 Å². The van der Waals surface area contributed by atoms with E-state index in [9.17, 15) is 4.79 Å². The zero-order chi connectivity index (χ0) is 12.1. The van der Waals surface area contributed by atoms with Crippen molar-refractivity contribution in [1.29, 1.82) is 0 Å². The van der Waals surface area contributed by atoms with Crippen LogP contribution in [0.4, 0.5) is 4.79 Å². The quantitative estimate of drug-likeness (QED) is 0.755. The van der Waals surface area contributed by atoms with E-state index in [2.05, 4.69) is 5.32 Å². The molecule has 0 radical (unpaired) electrons. The molecule has 90 valence electrons. The highest BCUT2D eigenvalue weighted by molar-refractivity contribution is 5.67. The summed E-state index contributed by atoms with van der Waals surface area (Å²) in [5, 5.41) is 2.69. The predicted molar refractivity (Wildman–Crippen MR) is 61.7 cm³/mol. The zero-order valence-electron chi connectivity index (χ0n) is 10.5. The number of hydrogen-bond acceptors (Lipinski definition) is 3. The Hall–Kier alpha value is -0.770. The summed E-state index contributed by atoms with van der Waals surface area (Å²) in [5.41, 5.74) is 5.28. The molecule has 0 aliphatic heterocycles. The summed E-state index contributed by atoms with van der Waals surface area (Å²) >= 11 is 0. The Kier molecular flexibility index (Phi) is 5.08. The normalized spacial score (nSPS) is 15.6. The van der Waals surface area contributed by atoms with E-state index in [-0.39, 0.29) is 11.6 Å². The maximum absolute atomic E-state index is 11.3. The SMILES string of the molecule is CCC(C)(N)CCNC(=O)OC(C)(C)C. The van der Waals surface area contributed by atoms with Crippen LogP contribution < -0.4 is 11.1 Å². The molecule has 0 aliphatic carbocycles. The lowest BCUT2D eigenvalue weighted by Gasteiger charge is -2.24. The number of ether oxygens (including phenoxy) is 1. The number of carbonyl (C=O) groups is 1. The Morgan fingerprint density at radius 1 is 1.33 bits per heavy atom. The highest BCUT2D eigenvalue weighted by Gasteiger charge is 2.18. The van der Waals surface area contributed by atoms with Crippen LogP contribution in [0, 0.1) is 0 Å². The monoisotopic (exact) mass is 216 g/mol. The van der Waals surface area contributed by atoms with Gasteiger partial charge in [0, 0.05) is 12.1 Å². The third-order valence-electron chi connectivity index (χ3n) is 2.17. The van der Waals surface area contributed by atoms with Gasteiger partial charge in [0.1, 0.15) is 5.60 Å². The van der Waals surface area contributed by atoms with Crippen LogP contribution in [-0.4, -0.2) is 23.8 Å². The van der Waals surface area contributed by atoms with Gasteiger partial charge in [-0.25, -0.2) is 4.79 Å². The minimum Gasteiger partial charge on any atom is -0.444 e. The molecule has 0 aromatic heterocycles. The van der Waals surface area contributed by atoms with Crippen molar-refractivity contribution in [2.75, 3.05) is 6.54 Å². The van der Waals surface area contributed by atoms with Crippen LogP contribution in [0.25, 0.3) is 0 Å². The van der Waals surface area contributed by atoms with Crippen LogP contribution >= 0.6 is 0 Å². The van der Waals surface area contributed by atoms with E-state index in [1.807, 2.05) is 34.6 Å². The van der Waals surface area contributed by atoms with E-state index in [0.717, 1.165) is 12.8 Å². The van der Waals surface area contributed by atoms with Crippen molar-refractivity contribution >= 4 is 6.09 Å². The number of nitrogens with one attached hydrogen (secondary N) is 1. The first-order valence-corrected chi connectivity index (χ1v) is 5.42. The summed E-state index contributed by atoms with van der Waals surface area (Å²) in [6.07, 6.45) is 1.26. The van der Waals surface area contributed by atoms with Gasteiger partial charge in [0.2, 0.25) is 0 Å². The molecular formula is C11H24N2O2. The molecule has 0 saturated carbocycles. The average molecular weight is 216 g/mol. The second kappa shape index (κ2) is 5.35. The summed E-state index contributed by atoms with van der Waals surface area (Å²) in [6, 6.07) is 0. The van der Waals surface area contributed by atoms with Gasteiger partial charge in [-0.05, 0) is 40.5 Å². The third-order valence-corrected chi connectivity index (χ3v) is 2.17. The van der Waals surface area contributed by atoms with Crippen molar-refractivity contribution in [2.24, 2.45) is 5.73 Å². The number of nitrogens with two attached hydrogens (primary N) is 1. The molecule has 15 heavy (non-hydrogen) atoms. The average Bonchev–Trinajstić information content (AvgIpc) is 2.00. The predicted octanol–water partition coefficient (Wildman–Crippen LogP) is 2.03. The Balaban J connectivity index is 3.74. The summed E-state index contributed by atoms with van der Waals surface area (Å²) in [7, 11) is 0. The lowest BCUT2D eigenvalue weighted by atomic mass is 9.96. The van der Waals surface area contributed by atoms with Crippen LogP contribution in [0.15, 0.2) is 0 Å². The molecule has 0 fully saturated rings. The summed E-state index contributed by atoms with van der Waals surface area (Å²) in [5.74, 6) is 0. The van der Waals surface area contributed by atoms with Gasteiger partial charge in [0.15, 0.2) is 0 Å². The number of carbonyl (C=O) groups excluding carboxylic acids is 1.